The summed E-state index contributed by atoms with van der Waals surface area (Å²) in [5, 5.41) is 4.82. The summed E-state index contributed by atoms with van der Waals surface area (Å²) in [5.41, 5.74) is 0. The van der Waals surface area contributed by atoms with Gasteiger partial charge in [-0.05, 0) is 18.4 Å². The number of halogens is 1. The molecule has 0 aromatic carbocycles. The van der Waals surface area contributed by atoms with Crippen molar-refractivity contribution in [2.75, 3.05) is 24.3 Å². The molecule has 6 heteroatoms. The predicted octanol–water partition coefficient (Wildman–Crippen LogP) is 2.92. The molecule has 0 spiro atoms. The summed E-state index contributed by atoms with van der Waals surface area (Å²) >= 11 is 1.65. The fraction of sp³-hybridized carbons (Fsp3) is 0.333. The normalized spacial score (nSPS) is 12.2. The number of hydrogen-bond donors (Lipinski definition) is 1. The summed E-state index contributed by atoms with van der Waals surface area (Å²) in [5.74, 6) is 0.298. The van der Waals surface area contributed by atoms with E-state index in [2.05, 4.69) is 15.3 Å². The monoisotopic (exact) mass is 266 g/mol. The van der Waals surface area contributed by atoms with Crippen LogP contribution in [0.5, 0.6) is 0 Å². The van der Waals surface area contributed by atoms with Crippen LogP contribution in [0.15, 0.2) is 23.7 Å². The fourth-order valence-corrected chi connectivity index (χ4v) is 2.46. The van der Waals surface area contributed by atoms with Crippen LogP contribution in [0, 0.1) is 5.82 Å². The van der Waals surface area contributed by atoms with E-state index in [0.717, 1.165) is 0 Å². The van der Waals surface area contributed by atoms with E-state index in [0.29, 0.717) is 11.8 Å². The molecule has 0 radical (unpaired) electrons. The number of hydrogen-bond acceptors (Lipinski definition) is 5. The van der Waals surface area contributed by atoms with Crippen molar-refractivity contribution in [2.24, 2.45) is 0 Å². The molecular weight excluding hydrogens is 251 g/mol. The Labute approximate surface area is 110 Å². The zero-order chi connectivity index (χ0) is 13.1. The summed E-state index contributed by atoms with van der Waals surface area (Å²) < 4.78 is 13.8. The number of aromatic nitrogens is 2. The largest absolute Gasteiger partial charge is 0.357 e. The van der Waals surface area contributed by atoms with Crippen molar-refractivity contribution < 1.29 is 4.39 Å². The van der Waals surface area contributed by atoms with Gasteiger partial charge in [0.1, 0.15) is 0 Å². The summed E-state index contributed by atoms with van der Waals surface area (Å²) in [6, 6.07) is 4.09. The van der Waals surface area contributed by atoms with Crippen LogP contribution in [0.25, 0.3) is 0 Å². The minimum absolute atomic E-state index is 0.0686. The van der Waals surface area contributed by atoms with Gasteiger partial charge in [0.05, 0.1) is 12.2 Å². The Morgan fingerprint density at radius 3 is 2.89 bits per heavy atom. The first-order valence-corrected chi connectivity index (χ1v) is 6.48. The molecule has 18 heavy (non-hydrogen) atoms. The summed E-state index contributed by atoms with van der Waals surface area (Å²) in [6.45, 7) is 2.02. The molecule has 0 fully saturated rings. The zero-order valence-electron chi connectivity index (χ0n) is 10.5. The van der Waals surface area contributed by atoms with Gasteiger partial charge in [-0.1, -0.05) is 6.07 Å². The van der Waals surface area contributed by atoms with Crippen molar-refractivity contribution in [1.82, 2.24) is 9.97 Å². The van der Waals surface area contributed by atoms with Gasteiger partial charge >= 0.3 is 0 Å². The topological polar surface area (TPSA) is 41.1 Å². The molecule has 4 nitrogen and oxygen atoms in total. The van der Waals surface area contributed by atoms with E-state index < -0.39 is 5.82 Å². The quantitative estimate of drug-likeness (QED) is 0.923. The number of thiophene rings is 1. The van der Waals surface area contributed by atoms with Gasteiger partial charge < -0.3 is 10.2 Å². The van der Waals surface area contributed by atoms with E-state index >= 15 is 0 Å². The Bertz CT molecular complexity index is 515. The Hall–Kier alpha value is -1.69. The van der Waals surface area contributed by atoms with E-state index in [1.165, 1.54) is 11.1 Å². The highest BCUT2D eigenvalue weighted by molar-refractivity contribution is 7.10. The van der Waals surface area contributed by atoms with Gasteiger partial charge in [0.15, 0.2) is 11.6 Å². The van der Waals surface area contributed by atoms with Gasteiger partial charge in [0.25, 0.3) is 0 Å². The molecule has 0 saturated heterocycles. The third-order valence-corrected chi connectivity index (χ3v) is 3.86. The molecule has 0 aliphatic rings. The van der Waals surface area contributed by atoms with Crippen LogP contribution in [-0.2, 0) is 0 Å². The second-order valence-electron chi connectivity index (χ2n) is 3.92. The van der Waals surface area contributed by atoms with Gasteiger partial charge in [-0.25, -0.2) is 9.37 Å². The minimum Gasteiger partial charge on any atom is -0.357 e. The maximum Gasteiger partial charge on any atom is 0.224 e. The highest BCUT2D eigenvalue weighted by atomic mass is 32.1. The van der Waals surface area contributed by atoms with Crippen molar-refractivity contribution in [3.63, 3.8) is 0 Å². The summed E-state index contributed by atoms with van der Waals surface area (Å²) in [4.78, 5) is 11.0. The van der Waals surface area contributed by atoms with Crippen molar-refractivity contribution in [3.05, 3.63) is 34.4 Å². The smallest absolute Gasteiger partial charge is 0.224 e. The molecule has 96 valence electrons. The SMILES string of the molecule is CNc1ncc(F)c(N(C)C(C)c2cccs2)n1. The molecule has 1 N–H and O–H groups in total. The highest BCUT2D eigenvalue weighted by Gasteiger charge is 2.18. The molecule has 0 amide bonds. The number of rotatable bonds is 4. The second kappa shape index (κ2) is 5.30. The Kier molecular flexibility index (Phi) is 3.76. The van der Waals surface area contributed by atoms with E-state index in [1.807, 2.05) is 36.4 Å². The lowest BCUT2D eigenvalue weighted by Crippen LogP contribution is -2.23. The first-order chi connectivity index (χ1) is 8.63. The second-order valence-corrected chi connectivity index (χ2v) is 4.90. The van der Waals surface area contributed by atoms with Crippen molar-refractivity contribution >= 4 is 23.1 Å². The van der Waals surface area contributed by atoms with Crippen molar-refractivity contribution in [1.29, 1.82) is 0 Å². The third-order valence-electron chi connectivity index (χ3n) is 2.82. The van der Waals surface area contributed by atoms with E-state index in [9.17, 15) is 4.39 Å². The Morgan fingerprint density at radius 1 is 1.50 bits per heavy atom. The number of nitrogens with zero attached hydrogens (tertiary/aromatic N) is 3. The highest BCUT2D eigenvalue weighted by Crippen LogP contribution is 2.28. The van der Waals surface area contributed by atoms with Crippen LogP contribution in [0.1, 0.15) is 17.8 Å². The lowest BCUT2D eigenvalue weighted by Gasteiger charge is -2.25. The number of nitrogens with one attached hydrogen (secondary N) is 1. The molecule has 1 atom stereocenters. The van der Waals surface area contributed by atoms with E-state index in [-0.39, 0.29) is 6.04 Å². The average molecular weight is 266 g/mol. The molecular formula is C12H15FN4S. The van der Waals surface area contributed by atoms with Gasteiger partial charge in [-0.15, -0.1) is 11.3 Å². The van der Waals surface area contributed by atoms with Crippen LogP contribution in [0.3, 0.4) is 0 Å². The number of anilines is 2. The van der Waals surface area contributed by atoms with Crippen molar-refractivity contribution in [2.45, 2.75) is 13.0 Å². The average Bonchev–Trinajstić information content (AvgIpc) is 2.91. The molecule has 1 unspecified atom stereocenters. The molecule has 2 aromatic heterocycles. The zero-order valence-corrected chi connectivity index (χ0v) is 11.3. The van der Waals surface area contributed by atoms with Crippen LogP contribution >= 0.6 is 11.3 Å². The molecule has 2 rings (SSSR count). The fourth-order valence-electron chi connectivity index (χ4n) is 1.63. The Balaban J connectivity index is 2.30. The molecule has 2 aromatic rings. The van der Waals surface area contributed by atoms with Gasteiger partial charge in [-0.2, -0.15) is 4.98 Å². The van der Waals surface area contributed by atoms with Gasteiger partial charge in [-0.3, -0.25) is 0 Å². The standard InChI is InChI=1S/C12H15FN4S/c1-8(10-5-4-6-18-10)17(3)11-9(13)7-15-12(14-2)16-11/h4-8H,1-3H3,(H,14,15,16). The summed E-state index contributed by atoms with van der Waals surface area (Å²) in [7, 11) is 3.54. The van der Waals surface area contributed by atoms with Gasteiger partial charge in [0, 0.05) is 19.0 Å². The summed E-state index contributed by atoms with van der Waals surface area (Å²) in [6.07, 6.45) is 1.19. The maximum atomic E-state index is 13.8. The molecule has 2 heterocycles. The first kappa shape index (κ1) is 12.8. The van der Waals surface area contributed by atoms with Crippen LogP contribution in [0.2, 0.25) is 0 Å². The minimum atomic E-state index is -0.417. The predicted molar refractivity (Wildman–Crippen MR) is 72.7 cm³/mol. The third kappa shape index (κ3) is 2.43. The maximum absolute atomic E-state index is 13.8. The lowest BCUT2D eigenvalue weighted by atomic mass is 10.2. The molecule has 0 aliphatic carbocycles. The van der Waals surface area contributed by atoms with E-state index in [4.69, 9.17) is 0 Å². The van der Waals surface area contributed by atoms with E-state index in [1.54, 1.807) is 18.4 Å². The van der Waals surface area contributed by atoms with Crippen LogP contribution in [-0.4, -0.2) is 24.1 Å². The Morgan fingerprint density at radius 2 is 2.28 bits per heavy atom. The van der Waals surface area contributed by atoms with Gasteiger partial charge in [0.2, 0.25) is 5.95 Å². The molecule has 0 bridgehead atoms. The van der Waals surface area contributed by atoms with Crippen LogP contribution in [0.4, 0.5) is 16.2 Å². The first-order valence-electron chi connectivity index (χ1n) is 5.60. The van der Waals surface area contributed by atoms with Crippen LogP contribution < -0.4 is 10.2 Å². The molecule has 0 saturated carbocycles. The molecule has 0 aliphatic heterocycles. The van der Waals surface area contributed by atoms with Crippen molar-refractivity contribution in [3.8, 4) is 0 Å². The lowest BCUT2D eigenvalue weighted by molar-refractivity contribution is 0.597.